The molecule has 0 saturated carbocycles. The number of nitrogens with one attached hydrogen (secondary N) is 2. The van der Waals surface area contributed by atoms with E-state index in [1.807, 2.05) is 0 Å². The van der Waals surface area contributed by atoms with Crippen molar-refractivity contribution in [2.45, 2.75) is 25.9 Å². The van der Waals surface area contributed by atoms with Crippen molar-refractivity contribution in [3.05, 3.63) is 0 Å². The van der Waals surface area contributed by atoms with Crippen LogP contribution in [-0.2, 0) is 9.53 Å². The van der Waals surface area contributed by atoms with Crippen LogP contribution in [0.1, 0.15) is 19.8 Å². The average molecular weight is 282 g/mol. The number of halogens is 3. The lowest BCUT2D eigenvalue weighted by atomic mass is 9.88. The van der Waals surface area contributed by atoms with E-state index in [0.29, 0.717) is 18.4 Å². The topological polar surface area (TPSA) is 50.4 Å². The summed E-state index contributed by atoms with van der Waals surface area (Å²) >= 11 is 0. The number of alkyl halides is 3. The minimum atomic E-state index is -4.33. The maximum Gasteiger partial charge on any atom is 0.411 e. The van der Waals surface area contributed by atoms with Crippen LogP contribution in [0, 0.1) is 11.8 Å². The van der Waals surface area contributed by atoms with Crippen molar-refractivity contribution in [2.24, 2.45) is 11.8 Å². The normalized spacial score (nSPS) is 24.2. The molecule has 1 rings (SSSR count). The van der Waals surface area contributed by atoms with Crippen molar-refractivity contribution in [1.29, 1.82) is 0 Å². The van der Waals surface area contributed by atoms with Crippen molar-refractivity contribution in [3.63, 3.8) is 0 Å². The summed E-state index contributed by atoms with van der Waals surface area (Å²) in [7, 11) is 0. The molecule has 0 aromatic heterocycles. The van der Waals surface area contributed by atoms with Crippen molar-refractivity contribution in [3.8, 4) is 0 Å². The Morgan fingerprint density at radius 2 is 2.21 bits per heavy atom. The molecule has 112 valence electrons. The summed E-state index contributed by atoms with van der Waals surface area (Å²) in [6.07, 6.45) is -3.36. The minimum absolute atomic E-state index is 0.0323. The molecule has 2 N–H and O–H groups in total. The molecule has 2 unspecified atom stereocenters. The number of hydrogen-bond donors (Lipinski definition) is 2. The van der Waals surface area contributed by atoms with Crippen LogP contribution in [0.15, 0.2) is 0 Å². The van der Waals surface area contributed by atoms with Crippen molar-refractivity contribution >= 4 is 5.91 Å². The smallest absolute Gasteiger partial charge is 0.372 e. The maximum absolute atomic E-state index is 11.8. The predicted octanol–water partition coefficient (Wildman–Crippen LogP) is 1.32. The lowest BCUT2D eigenvalue weighted by Gasteiger charge is -2.29. The number of carbonyl (C=O) groups is 1. The predicted molar refractivity (Wildman–Crippen MR) is 64.6 cm³/mol. The standard InChI is InChI=1S/C12H21F3N2O2/c1-9-6-16-4-2-10(9)7-17-11(18)3-5-19-8-12(13,14)15/h9-10,16H,2-8H2,1H3,(H,17,18). The number of carbonyl (C=O) groups excluding carboxylic acids is 1. The Labute approximate surface area is 111 Å². The van der Waals surface area contributed by atoms with E-state index in [-0.39, 0.29) is 18.9 Å². The van der Waals surface area contributed by atoms with Gasteiger partial charge in [-0.3, -0.25) is 4.79 Å². The summed E-state index contributed by atoms with van der Waals surface area (Å²) in [5.74, 6) is 0.671. The van der Waals surface area contributed by atoms with E-state index in [2.05, 4.69) is 22.3 Å². The second-order valence-electron chi connectivity index (χ2n) is 4.95. The molecule has 0 radical (unpaired) electrons. The van der Waals surface area contributed by atoms with E-state index >= 15 is 0 Å². The molecule has 1 aliphatic rings. The maximum atomic E-state index is 11.8. The molecule has 2 atom stereocenters. The molecule has 1 aliphatic heterocycles. The molecule has 0 spiro atoms. The summed E-state index contributed by atoms with van der Waals surface area (Å²) < 4.78 is 39.7. The first-order valence-electron chi connectivity index (χ1n) is 6.50. The first-order valence-corrected chi connectivity index (χ1v) is 6.50. The van der Waals surface area contributed by atoms with Gasteiger partial charge in [-0.2, -0.15) is 13.2 Å². The van der Waals surface area contributed by atoms with Crippen LogP contribution in [-0.4, -0.2) is 44.9 Å². The molecule has 0 aromatic carbocycles. The third kappa shape index (κ3) is 7.37. The minimum Gasteiger partial charge on any atom is -0.372 e. The quantitative estimate of drug-likeness (QED) is 0.722. The van der Waals surface area contributed by atoms with E-state index in [9.17, 15) is 18.0 Å². The number of rotatable bonds is 6. The molecule has 1 heterocycles. The zero-order chi connectivity index (χ0) is 14.3. The van der Waals surface area contributed by atoms with Crippen LogP contribution < -0.4 is 10.6 Å². The molecule has 1 amide bonds. The fourth-order valence-corrected chi connectivity index (χ4v) is 2.06. The molecule has 1 fully saturated rings. The molecule has 19 heavy (non-hydrogen) atoms. The Bertz CT molecular complexity index is 285. The molecule has 0 aliphatic carbocycles. The van der Waals surface area contributed by atoms with E-state index in [4.69, 9.17) is 0 Å². The largest absolute Gasteiger partial charge is 0.411 e. The van der Waals surface area contributed by atoms with Gasteiger partial charge in [0.15, 0.2) is 0 Å². The first kappa shape index (κ1) is 16.2. The lowest BCUT2D eigenvalue weighted by molar-refractivity contribution is -0.174. The summed E-state index contributed by atoms with van der Waals surface area (Å²) in [6.45, 7) is 3.09. The van der Waals surface area contributed by atoms with Crippen LogP contribution in [0.2, 0.25) is 0 Å². The zero-order valence-electron chi connectivity index (χ0n) is 11.1. The number of hydrogen-bond acceptors (Lipinski definition) is 3. The van der Waals surface area contributed by atoms with Crippen LogP contribution in [0.3, 0.4) is 0 Å². The van der Waals surface area contributed by atoms with E-state index < -0.39 is 12.8 Å². The van der Waals surface area contributed by atoms with Gasteiger partial charge in [-0.15, -0.1) is 0 Å². The van der Waals surface area contributed by atoms with Gasteiger partial charge in [0.2, 0.25) is 5.91 Å². The van der Waals surface area contributed by atoms with Gasteiger partial charge < -0.3 is 15.4 Å². The lowest BCUT2D eigenvalue weighted by Crippen LogP contribution is -2.41. The molecule has 4 nitrogen and oxygen atoms in total. The van der Waals surface area contributed by atoms with Crippen molar-refractivity contribution in [1.82, 2.24) is 10.6 Å². The Morgan fingerprint density at radius 1 is 1.47 bits per heavy atom. The Hall–Kier alpha value is -0.820. The highest BCUT2D eigenvalue weighted by molar-refractivity contribution is 5.75. The zero-order valence-corrected chi connectivity index (χ0v) is 11.1. The third-order valence-electron chi connectivity index (χ3n) is 3.26. The first-order chi connectivity index (χ1) is 8.88. The number of amides is 1. The van der Waals surface area contributed by atoms with Gasteiger partial charge in [-0.25, -0.2) is 0 Å². The highest BCUT2D eigenvalue weighted by Gasteiger charge is 2.27. The summed E-state index contributed by atoms with van der Waals surface area (Å²) in [5, 5.41) is 6.02. The average Bonchev–Trinajstić information content (AvgIpc) is 2.32. The summed E-state index contributed by atoms with van der Waals surface area (Å²) in [5.41, 5.74) is 0. The van der Waals surface area contributed by atoms with Gasteiger partial charge >= 0.3 is 6.18 Å². The Balaban J connectivity index is 2.07. The highest BCUT2D eigenvalue weighted by atomic mass is 19.4. The van der Waals surface area contributed by atoms with Gasteiger partial charge in [0.1, 0.15) is 6.61 Å². The molecule has 0 bridgehead atoms. The van der Waals surface area contributed by atoms with Crippen LogP contribution in [0.25, 0.3) is 0 Å². The molecule has 1 saturated heterocycles. The Kier molecular flexibility index (Phi) is 6.57. The van der Waals surface area contributed by atoms with Crippen molar-refractivity contribution < 1.29 is 22.7 Å². The van der Waals surface area contributed by atoms with E-state index in [1.165, 1.54) is 0 Å². The Morgan fingerprint density at radius 3 is 2.84 bits per heavy atom. The number of piperidine rings is 1. The second kappa shape index (κ2) is 7.69. The number of ether oxygens (including phenoxy) is 1. The highest BCUT2D eigenvalue weighted by Crippen LogP contribution is 2.17. The fraction of sp³-hybridized carbons (Fsp3) is 0.917. The molecular formula is C12H21F3N2O2. The van der Waals surface area contributed by atoms with E-state index in [0.717, 1.165) is 19.5 Å². The van der Waals surface area contributed by atoms with Gasteiger partial charge in [0.25, 0.3) is 0 Å². The van der Waals surface area contributed by atoms with Gasteiger partial charge in [0, 0.05) is 13.0 Å². The van der Waals surface area contributed by atoms with E-state index in [1.54, 1.807) is 0 Å². The van der Waals surface area contributed by atoms with Gasteiger partial charge in [0.05, 0.1) is 6.61 Å². The monoisotopic (exact) mass is 282 g/mol. The van der Waals surface area contributed by atoms with Crippen LogP contribution >= 0.6 is 0 Å². The van der Waals surface area contributed by atoms with Gasteiger partial charge in [-0.05, 0) is 31.3 Å². The second-order valence-corrected chi connectivity index (χ2v) is 4.95. The summed E-state index contributed by atoms with van der Waals surface area (Å²) in [4.78, 5) is 11.4. The van der Waals surface area contributed by atoms with Crippen molar-refractivity contribution in [2.75, 3.05) is 32.8 Å². The van der Waals surface area contributed by atoms with Crippen LogP contribution in [0.5, 0.6) is 0 Å². The SMILES string of the molecule is CC1CNCCC1CNC(=O)CCOCC(F)(F)F. The summed E-state index contributed by atoms with van der Waals surface area (Å²) in [6, 6.07) is 0. The molecular weight excluding hydrogens is 261 g/mol. The van der Waals surface area contributed by atoms with Gasteiger partial charge in [-0.1, -0.05) is 6.92 Å². The fourth-order valence-electron chi connectivity index (χ4n) is 2.06. The molecule has 0 aromatic rings. The van der Waals surface area contributed by atoms with Crippen LogP contribution in [0.4, 0.5) is 13.2 Å². The molecule has 7 heteroatoms. The third-order valence-corrected chi connectivity index (χ3v) is 3.26.